The first-order valence-electron chi connectivity index (χ1n) is 11.7. The smallest absolute Gasteiger partial charge is 0.242 e. The molecule has 0 aliphatic carbocycles. The van der Waals surface area contributed by atoms with Crippen molar-refractivity contribution in [2.75, 3.05) is 5.73 Å². The first kappa shape index (κ1) is 23.9. The standard InChI is InChI=1S/C26H27N5O4/c1-2-3-4-5-6-7-8-16-34-18-14-12-17(13-15-18)23(32)19-10-9-11-20-21(19)24(33)22(27)25(35-20)26-28-30-31-29-26/h8-16H,2-7,27H2,1H3,(H,28,29,30,31)/b16-8+. The zero-order chi connectivity index (χ0) is 24.6. The average molecular weight is 474 g/mol. The normalized spacial score (nSPS) is 11.3. The summed E-state index contributed by atoms with van der Waals surface area (Å²) in [6.45, 7) is 2.20. The van der Waals surface area contributed by atoms with Gasteiger partial charge in [0.15, 0.2) is 5.78 Å². The number of unbranched alkanes of at least 4 members (excludes halogenated alkanes) is 5. The van der Waals surface area contributed by atoms with E-state index in [-0.39, 0.29) is 39.6 Å². The number of nitrogens with two attached hydrogens (primary N) is 1. The highest BCUT2D eigenvalue weighted by Gasteiger charge is 2.21. The predicted molar refractivity (Wildman–Crippen MR) is 133 cm³/mol. The summed E-state index contributed by atoms with van der Waals surface area (Å²) in [7, 11) is 0. The number of fused-ring (bicyclic) bond motifs is 1. The molecule has 2 heterocycles. The van der Waals surface area contributed by atoms with Gasteiger partial charge >= 0.3 is 0 Å². The van der Waals surface area contributed by atoms with Crippen LogP contribution in [-0.2, 0) is 0 Å². The molecule has 2 aromatic carbocycles. The van der Waals surface area contributed by atoms with Gasteiger partial charge in [0, 0.05) is 11.1 Å². The van der Waals surface area contributed by atoms with Crippen LogP contribution < -0.4 is 15.9 Å². The molecule has 0 bridgehead atoms. The molecule has 0 unspecified atom stereocenters. The number of tetrazole rings is 1. The number of hydrogen-bond donors (Lipinski definition) is 2. The van der Waals surface area contributed by atoms with Crippen LogP contribution in [-0.4, -0.2) is 26.4 Å². The summed E-state index contributed by atoms with van der Waals surface area (Å²) in [5.41, 5.74) is 6.08. The van der Waals surface area contributed by atoms with Gasteiger partial charge in [-0.1, -0.05) is 44.7 Å². The van der Waals surface area contributed by atoms with Crippen LogP contribution in [0.15, 0.2) is 64.0 Å². The molecular formula is C26H27N5O4. The number of aromatic amines is 1. The Morgan fingerprint density at radius 1 is 1.11 bits per heavy atom. The minimum atomic E-state index is -0.533. The lowest BCUT2D eigenvalue weighted by Crippen LogP contribution is -2.14. The molecule has 0 spiro atoms. The maximum atomic E-state index is 13.2. The van der Waals surface area contributed by atoms with E-state index in [9.17, 15) is 9.59 Å². The number of allylic oxidation sites excluding steroid dienone is 1. The third-order valence-electron chi connectivity index (χ3n) is 5.64. The largest absolute Gasteiger partial charge is 0.465 e. The summed E-state index contributed by atoms with van der Waals surface area (Å²) in [4.78, 5) is 26.3. The van der Waals surface area contributed by atoms with Crippen molar-refractivity contribution in [2.45, 2.75) is 45.4 Å². The number of rotatable bonds is 11. The van der Waals surface area contributed by atoms with Crippen molar-refractivity contribution in [1.29, 1.82) is 0 Å². The fourth-order valence-electron chi connectivity index (χ4n) is 3.77. The molecule has 9 heteroatoms. The van der Waals surface area contributed by atoms with Crippen LogP contribution in [0.2, 0.25) is 0 Å². The lowest BCUT2D eigenvalue weighted by Gasteiger charge is -2.08. The third kappa shape index (κ3) is 5.46. The SMILES string of the molecule is CCCCCCC/C=C/Oc1ccc(C(=O)c2cccc3oc(-c4nn[nH]n4)c(N)c(=O)c23)cc1. The number of carbonyl (C=O) groups is 1. The topological polar surface area (TPSA) is 137 Å². The van der Waals surface area contributed by atoms with Gasteiger partial charge < -0.3 is 14.9 Å². The molecule has 0 amide bonds. The Labute approximate surface area is 202 Å². The van der Waals surface area contributed by atoms with Crippen LogP contribution in [0.5, 0.6) is 5.75 Å². The van der Waals surface area contributed by atoms with E-state index < -0.39 is 5.43 Å². The number of nitrogens with one attached hydrogen (secondary N) is 1. The van der Waals surface area contributed by atoms with E-state index in [1.165, 1.54) is 25.7 Å². The van der Waals surface area contributed by atoms with Gasteiger partial charge in [0.1, 0.15) is 17.0 Å². The van der Waals surface area contributed by atoms with Crippen molar-refractivity contribution in [3.05, 3.63) is 76.2 Å². The molecule has 0 fully saturated rings. The predicted octanol–water partition coefficient (Wildman–Crippen LogP) is 5.04. The van der Waals surface area contributed by atoms with Gasteiger partial charge in [-0.25, -0.2) is 0 Å². The summed E-state index contributed by atoms with van der Waals surface area (Å²) >= 11 is 0. The zero-order valence-corrected chi connectivity index (χ0v) is 19.5. The number of carbonyl (C=O) groups excluding carboxylic acids is 1. The number of H-pyrrole nitrogens is 1. The summed E-state index contributed by atoms with van der Waals surface area (Å²) in [5.74, 6) is 0.342. The fourth-order valence-corrected chi connectivity index (χ4v) is 3.77. The van der Waals surface area contributed by atoms with E-state index in [4.69, 9.17) is 14.9 Å². The van der Waals surface area contributed by atoms with Crippen molar-refractivity contribution < 1.29 is 13.9 Å². The molecule has 4 aromatic rings. The Balaban J connectivity index is 1.49. The van der Waals surface area contributed by atoms with E-state index in [1.807, 2.05) is 6.08 Å². The number of nitrogen functional groups attached to an aromatic ring is 1. The summed E-state index contributed by atoms with van der Waals surface area (Å²) in [5, 5.41) is 13.5. The van der Waals surface area contributed by atoms with Gasteiger partial charge in [0.05, 0.1) is 11.6 Å². The van der Waals surface area contributed by atoms with Crippen molar-refractivity contribution in [2.24, 2.45) is 0 Å². The quantitative estimate of drug-likeness (QED) is 0.176. The van der Waals surface area contributed by atoms with Gasteiger partial charge in [0.2, 0.25) is 17.0 Å². The Morgan fingerprint density at radius 2 is 1.91 bits per heavy atom. The van der Waals surface area contributed by atoms with Gasteiger partial charge in [-0.3, -0.25) is 9.59 Å². The van der Waals surface area contributed by atoms with Crippen molar-refractivity contribution in [1.82, 2.24) is 20.6 Å². The van der Waals surface area contributed by atoms with E-state index in [1.54, 1.807) is 48.7 Å². The second kappa shape index (κ2) is 11.2. The van der Waals surface area contributed by atoms with E-state index in [0.29, 0.717) is 11.3 Å². The molecule has 9 nitrogen and oxygen atoms in total. The van der Waals surface area contributed by atoms with Gasteiger partial charge in [0.25, 0.3) is 0 Å². The van der Waals surface area contributed by atoms with Crippen LogP contribution >= 0.6 is 0 Å². The highest BCUT2D eigenvalue weighted by atomic mass is 16.5. The molecule has 2 aromatic heterocycles. The fraction of sp³-hybridized carbons (Fsp3) is 0.269. The summed E-state index contributed by atoms with van der Waals surface area (Å²) in [6, 6.07) is 11.6. The Hall–Kier alpha value is -4.27. The first-order chi connectivity index (χ1) is 17.1. The highest BCUT2D eigenvalue weighted by molar-refractivity contribution is 6.16. The van der Waals surface area contributed by atoms with Gasteiger partial charge in [-0.2, -0.15) is 5.21 Å². The maximum absolute atomic E-state index is 13.2. The lowest BCUT2D eigenvalue weighted by molar-refractivity contribution is 0.104. The number of aromatic nitrogens is 4. The Bertz CT molecular complexity index is 1380. The second-order valence-corrected chi connectivity index (χ2v) is 8.13. The molecule has 35 heavy (non-hydrogen) atoms. The average Bonchev–Trinajstić information content (AvgIpc) is 3.42. The molecule has 0 saturated heterocycles. The van der Waals surface area contributed by atoms with Gasteiger partial charge in [-0.15, -0.1) is 10.2 Å². The van der Waals surface area contributed by atoms with Crippen LogP contribution in [0.4, 0.5) is 5.69 Å². The minimum absolute atomic E-state index is 0.00337. The monoisotopic (exact) mass is 473 g/mol. The highest BCUT2D eigenvalue weighted by Crippen LogP contribution is 2.27. The number of nitrogens with zero attached hydrogens (tertiary/aromatic N) is 3. The molecular weight excluding hydrogens is 446 g/mol. The summed E-state index contributed by atoms with van der Waals surface area (Å²) < 4.78 is 11.4. The summed E-state index contributed by atoms with van der Waals surface area (Å²) in [6.07, 6.45) is 10.8. The molecule has 180 valence electrons. The van der Waals surface area contributed by atoms with E-state index in [2.05, 4.69) is 27.5 Å². The molecule has 3 N–H and O–H groups in total. The van der Waals surface area contributed by atoms with Crippen molar-refractivity contribution >= 4 is 22.4 Å². The van der Waals surface area contributed by atoms with Crippen molar-refractivity contribution in [3.8, 4) is 17.3 Å². The van der Waals surface area contributed by atoms with Crippen LogP contribution in [0.25, 0.3) is 22.6 Å². The Morgan fingerprint density at radius 3 is 2.66 bits per heavy atom. The number of hydrogen-bond acceptors (Lipinski definition) is 8. The third-order valence-corrected chi connectivity index (χ3v) is 5.64. The zero-order valence-electron chi connectivity index (χ0n) is 19.5. The van der Waals surface area contributed by atoms with Gasteiger partial charge in [-0.05, 0) is 54.5 Å². The lowest BCUT2D eigenvalue weighted by atomic mass is 9.98. The molecule has 0 radical (unpaired) electrons. The number of ketones is 1. The van der Waals surface area contributed by atoms with Crippen LogP contribution in [0, 0.1) is 0 Å². The molecule has 0 atom stereocenters. The Kier molecular flexibility index (Phi) is 7.67. The van der Waals surface area contributed by atoms with E-state index in [0.717, 1.165) is 12.8 Å². The second-order valence-electron chi connectivity index (χ2n) is 8.13. The maximum Gasteiger partial charge on any atom is 0.242 e. The van der Waals surface area contributed by atoms with Crippen LogP contribution in [0.1, 0.15) is 61.4 Å². The number of benzene rings is 2. The first-order valence-corrected chi connectivity index (χ1v) is 11.7. The molecule has 0 aliphatic rings. The number of anilines is 1. The molecule has 0 aliphatic heterocycles. The van der Waals surface area contributed by atoms with Crippen LogP contribution in [0.3, 0.4) is 0 Å². The molecule has 4 rings (SSSR count). The molecule has 0 saturated carbocycles. The van der Waals surface area contributed by atoms with Crippen molar-refractivity contribution in [3.63, 3.8) is 0 Å². The number of ether oxygens (including phenoxy) is 1. The minimum Gasteiger partial charge on any atom is -0.465 e. The van der Waals surface area contributed by atoms with E-state index >= 15 is 0 Å².